The monoisotopic (exact) mass is 336 g/mol. The van der Waals surface area contributed by atoms with E-state index in [0.29, 0.717) is 0 Å². The Bertz CT molecular complexity index is 594. The number of esters is 3. The second-order valence-electron chi connectivity index (χ2n) is 7.21. The molecule has 3 saturated carbocycles. The second-order valence-corrected chi connectivity index (χ2v) is 7.21. The van der Waals surface area contributed by atoms with Gasteiger partial charge in [-0.15, -0.1) is 0 Å². The average molecular weight is 336 g/mol. The van der Waals surface area contributed by atoms with Crippen molar-refractivity contribution in [3.8, 4) is 0 Å². The van der Waals surface area contributed by atoms with Crippen LogP contribution in [0.3, 0.4) is 0 Å². The Morgan fingerprint density at radius 2 is 2.04 bits per heavy atom. The molecular formula is C18H24O6. The summed E-state index contributed by atoms with van der Waals surface area (Å²) in [4.78, 5) is 37.1. The minimum Gasteiger partial charge on any atom is -0.469 e. The zero-order valence-electron chi connectivity index (χ0n) is 14.5. The van der Waals surface area contributed by atoms with Gasteiger partial charge in [0.1, 0.15) is 6.10 Å². The van der Waals surface area contributed by atoms with Crippen LogP contribution in [-0.2, 0) is 28.6 Å². The van der Waals surface area contributed by atoms with E-state index in [0.717, 1.165) is 12.8 Å². The smallest absolute Gasteiger partial charge is 0.331 e. The summed E-state index contributed by atoms with van der Waals surface area (Å²) in [6.45, 7) is 5.62. The first kappa shape index (κ1) is 17.0. The zero-order valence-corrected chi connectivity index (χ0v) is 14.5. The lowest BCUT2D eigenvalue weighted by atomic mass is 9.50. The summed E-state index contributed by atoms with van der Waals surface area (Å²) < 4.78 is 16.5. The van der Waals surface area contributed by atoms with Gasteiger partial charge in [0.2, 0.25) is 0 Å². The molecule has 4 aliphatic rings. The van der Waals surface area contributed by atoms with Gasteiger partial charge in [0.15, 0.2) is 5.60 Å². The third-order valence-electron chi connectivity index (χ3n) is 5.98. The van der Waals surface area contributed by atoms with Gasteiger partial charge in [-0.2, -0.15) is 0 Å². The van der Waals surface area contributed by atoms with Crippen LogP contribution in [0.1, 0.15) is 33.6 Å². The van der Waals surface area contributed by atoms with E-state index in [1.165, 1.54) is 13.2 Å². The highest BCUT2D eigenvalue weighted by Crippen LogP contribution is 2.62. The molecule has 1 heterocycles. The molecule has 4 bridgehead atoms. The maximum atomic E-state index is 12.4. The summed E-state index contributed by atoms with van der Waals surface area (Å²) in [5, 5.41) is 0. The van der Waals surface area contributed by atoms with Crippen molar-refractivity contribution >= 4 is 17.9 Å². The largest absolute Gasteiger partial charge is 0.469 e. The van der Waals surface area contributed by atoms with Crippen molar-refractivity contribution in [1.82, 2.24) is 0 Å². The van der Waals surface area contributed by atoms with Crippen molar-refractivity contribution in [3.05, 3.63) is 12.2 Å². The van der Waals surface area contributed by atoms with E-state index < -0.39 is 35.5 Å². The van der Waals surface area contributed by atoms with E-state index in [2.05, 4.69) is 0 Å². The fourth-order valence-corrected chi connectivity index (χ4v) is 5.14. The van der Waals surface area contributed by atoms with Gasteiger partial charge in [0, 0.05) is 17.9 Å². The van der Waals surface area contributed by atoms with Crippen LogP contribution < -0.4 is 0 Å². The van der Waals surface area contributed by atoms with Crippen molar-refractivity contribution in [1.29, 1.82) is 0 Å². The zero-order chi connectivity index (χ0) is 17.6. The summed E-state index contributed by atoms with van der Waals surface area (Å²) in [5.41, 5.74) is -0.985. The predicted molar refractivity (Wildman–Crippen MR) is 83.6 cm³/mol. The Balaban J connectivity index is 2.09. The molecule has 1 saturated heterocycles. The first-order valence-electron chi connectivity index (χ1n) is 8.52. The van der Waals surface area contributed by atoms with E-state index in [9.17, 15) is 14.4 Å². The summed E-state index contributed by atoms with van der Waals surface area (Å²) in [7, 11) is 1.32. The fourth-order valence-electron chi connectivity index (χ4n) is 5.14. The Labute approximate surface area is 141 Å². The van der Waals surface area contributed by atoms with Crippen LogP contribution in [0.15, 0.2) is 12.2 Å². The molecule has 0 aromatic heterocycles. The molecule has 6 nitrogen and oxygen atoms in total. The summed E-state index contributed by atoms with van der Waals surface area (Å²) in [6.07, 6.45) is 4.00. The van der Waals surface area contributed by atoms with Gasteiger partial charge in [-0.05, 0) is 25.7 Å². The van der Waals surface area contributed by atoms with E-state index in [1.807, 2.05) is 13.8 Å². The first-order valence-corrected chi connectivity index (χ1v) is 8.52. The molecule has 4 fully saturated rings. The molecule has 0 aromatic carbocycles. The van der Waals surface area contributed by atoms with Gasteiger partial charge in [0.25, 0.3) is 0 Å². The number of hydrogen-bond acceptors (Lipinski definition) is 6. The molecule has 132 valence electrons. The van der Waals surface area contributed by atoms with Crippen molar-refractivity contribution in [2.75, 3.05) is 7.11 Å². The van der Waals surface area contributed by atoms with Crippen LogP contribution >= 0.6 is 0 Å². The van der Waals surface area contributed by atoms with Gasteiger partial charge in [0.05, 0.1) is 18.9 Å². The maximum absolute atomic E-state index is 12.4. The number of allylic oxidation sites excluding steroid dienone is 1. The number of fused-ring (bicyclic) bond motifs is 1. The van der Waals surface area contributed by atoms with Crippen molar-refractivity contribution in [2.24, 2.45) is 29.6 Å². The number of carbonyl (C=O) groups is 3. The summed E-state index contributed by atoms with van der Waals surface area (Å²) >= 11 is 0. The molecule has 6 atom stereocenters. The highest BCUT2D eigenvalue weighted by Gasteiger charge is 2.73. The van der Waals surface area contributed by atoms with Gasteiger partial charge in [-0.25, -0.2) is 4.79 Å². The van der Waals surface area contributed by atoms with Gasteiger partial charge in [-0.1, -0.05) is 19.9 Å². The van der Waals surface area contributed by atoms with Crippen LogP contribution in [-0.4, -0.2) is 36.7 Å². The fraction of sp³-hybridized carbons (Fsp3) is 0.722. The Kier molecular flexibility index (Phi) is 4.18. The molecule has 3 aliphatic carbocycles. The van der Waals surface area contributed by atoms with Crippen LogP contribution in [0, 0.1) is 29.6 Å². The van der Waals surface area contributed by atoms with Crippen LogP contribution in [0.5, 0.6) is 0 Å². The summed E-state index contributed by atoms with van der Waals surface area (Å²) in [6, 6.07) is 0. The van der Waals surface area contributed by atoms with E-state index >= 15 is 0 Å². The molecule has 6 heteroatoms. The van der Waals surface area contributed by atoms with Gasteiger partial charge >= 0.3 is 17.9 Å². The highest BCUT2D eigenvalue weighted by molar-refractivity contribution is 5.86. The molecule has 0 radical (unpaired) electrons. The predicted octanol–water partition coefficient (Wildman–Crippen LogP) is 1.87. The number of hydrogen-bond donors (Lipinski definition) is 0. The van der Waals surface area contributed by atoms with Crippen molar-refractivity contribution < 1.29 is 28.6 Å². The molecule has 4 rings (SSSR count). The first-order chi connectivity index (χ1) is 11.4. The summed E-state index contributed by atoms with van der Waals surface area (Å²) in [5.74, 6) is -2.81. The average Bonchev–Trinajstić information content (AvgIpc) is 2.85. The molecule has 0 spiro atoms. The molecular weight excluding hydrogens is 312 g/mol. The Morgan fingerprint density at radius 3 is 2.62 bits per heavy atom. The lowest BCUT2D eigenvalue weighted by molar-refractivity contribution is -0.232. The lowest BCUT2D eigenvalue weighted by Crippen LogP contribution is -2.67. The number of rotatable bonds is 4. The number of ether oxygens (including phenoxy) is 3. The van der Waals surface area contributed by atoms with Gasteiger partial charge in [-0.3, -0.25) is 9.59 Å². The Morgan fingerprint density at radius 1 is 1.33 bits per heavy atom. The van der Waals surface area contributed by atoms with Crippen LogP contribution in [0.25, 0.3) is 0 Å². The van der Waals surface area contributed by atoms with Crippen molar-refractivity contribution in [3.63, 3.8) is 0 Å². The second kappa shape index (κ2) is 5.90. The highest BCUT2D eigenvalue weighted by atomic mass is 16.6. The SMILES string of the molecule is CC=CC(=O)OC1(C(C)C)C2CCC3C(C(=O)OC31)C2C(=O)OC. The topological polar surface area (TPSA) is 78.9 Å². The third-order valence-corrected chi connectivity index (χ3v) is 5.98. The molecule has 1 aliphatic heterocycles. The normalized spacial score (nSPS) is 40.0. The minimum atomic E-state index is -0.985. The Hall–Kier alpha value is -1.85. The van der Waals surface area contributed by atoms with Crippen LogP contribution in [0.2, 0.25) is 0 Å². The van der Waals surface area contributed by atoms with Crippen LogP contribution in [0.4, 0.5) is 0 Å². The standard InChI is InChI=1S/C18H24O6/c1-5-6-12(19)24-18(9(2)3)11-8-7-10-13(14(11)16(20)22-4)17(21)23-15(10)18/h5-6,9-11,13-15H,7-8H2,1-4H3. The third kappa shape index (κ3) is 2.11. The van der Waals surface area contributed by atoms with E-state index in [-0.39, 0.29) is 23.7 Å². The van der Waals surface area contributed by atoms with E-state index in [1.54, 1.807) is 13.0 Å². The van der Waals surface area contributed by atoms with E-state index in [4.69, 9.17) is 14.2 Å². The number of carbonyl (C=O) groups excluding carboxylic acids is 3. The number of methoxy groups -OCH3 is 1. The van der Waals surface area contributed by atoms with Crippen molar-refractivity contribution in [2.45, 2.75) is 45.3 Å². The van der Waals surface area contributed by atoms with Gasteiger partial charge < -0.3 is 14.2 Å². The maximum Gasteiger partial charge on any atom is 0.331 e. The lowest BCUT2D eigenvalue weighted by Gasteiger charge is -2.56. The quantitative estimate of drug-likeness (QED) is 0.443. The minimum absolute atomic E-state index is 0.0940. The molecule has 0 N–H and O–H groups in total. The molecule has 0 amide bonds. The molecule has 0 aromatic rings. The molecule has 24 heavy (non-hydrogen) atoms. The molecule has 6 unspecified atom stereocenters.